The van der Waals surface area contributed by atoms with E-state index < -0.39 is 35.1 Å². The van der Waals surface area contributed by atoms with Crippen molar-refractivity contribution in [2.24, 2.45) is 0 Å². The number of esters is 1. The molecule has 0 spiro atoms. The van der Waals surface area contributed by atoms with E-state index in [0.29, 0.717) is 10.2 Å². The van der Waals surface area contributed by atoms with Gasteiger partial charge in [-0.3, -0.25) is 5.32 Å². The maximum atomic E-state index is 13.7. The van der Waals surface area contributed by atoms with E-state index in [0.717, 1.165) is 6.20 Å². The number of carbonyl (C=O) groups excluding carboxylic acids is 2. The number of anilines is 1. The van der Waals surface area contributed by atoms with Crippen LogP contribution in [0.1, 0.15) is 49.3 Å². The maximum Gasteiger partial charge on any atom is 0.434 e. The summed E-state index contributed by atoms with van der Waals surface area (Å²) in [5, 5.41) is 6.08. The van der Waals surface area contributed by atoms with Crippen molar-refractivity contribution in [3.05, 3.63) is 35.3 Å². The van der Waals surface area contributed by atoms with Crippen LogP contribution in [0, 0.1) is 6.92 Å². The maximum absolute atomic E-state index is 13.7. The first kappa shape index (κ1) is 22.2. The molecule has 8 nitrogen and oxygen atoms in total. The predicted molar refractivity (Wildman–Crippen MR) is 96.9 cm³/mol. The monoisotopic (exact) mass is 414 g/mol. The number of carbonyl (C=O) groups is 2. The minimum atomic E-state index is -4.88. The predicted octanol–water partition coefficient (Wildman–Crippen LogP) is 4.12. The SMILES string of the molecule is CCOC(=O)c1cnn(-c2cc(NC(=O)OC(C)(C)C)ncc2C)c1C(F)(F)F. The first-order chi connectivity index (χ1) is 13.3. The molecular formula is C18H21F3N4O4. The summed E-state index contributed by atoms with van der Waals surface area (Å²) >= 11 is 0. The number of alkyl halides is 3. The molecule has 0 saturated heterocycles. The Morgan fingerprint density at radius 2 is 1.86 bits per heavy atom. The summed E-state index contributed by atoms with van der Waals surface area (Å²) in [7, 11) is 0. The number of nitrogens with zero attached hydrogens (tertiary/aromatic N) is 3. The molecule has 0 bridgehead atoms. The van der Waals surface area contributed by atoms with Crippen LogP contribution in [0.15, 0.2) is 18.5 Å². The van der Waals surface area contributed by atoms with Gasteiger partial charge in [0.15, 0.2) is 5.69 Å². The Hall–Kier alpha value is -3.11. The molecule has 2 heterocycles. The lowest BCUT2D eigenvalue weighted by Gasteiger charge is -2.20. The van der Waals surface area contributed by atoms with E-state index in [9.17, 15) is 22.8 Å². The van der Waals surface area contributed by atoms with Crippen molar-refractivity contribution in [2.45, 2.75) is 46.4 Å². The molecular weight excluding hydrogens is 393 g/mol. The van der Waals surface area contributed by atoms with E-state index in [2.05, 4.69) is 20.1 Å². The van der Waals surface area contributed by atoms with Gasteiger partial charge in [0.25, 0.3) is 0 Å². The van der Waals surface area contributed by atoms with Gasteiger partial charge in [-0.2, -0.15) is 18.3 Å². The highest BCUT2D eigenvalue weighted by Crippen LogP contribution is 2.35. The van der Waals surface area contributed by atoms with Crippen LogP contribution in [0.3, 0.4) is 0 Å². The Labute approximate surface area is 165 Å². The van der Waals surface area contributed by atoms with E-state index in [4.69, 9.17) is 4.74 Å². The van der Waals surface area contributed by atoms with Gasteiger partial charge in [-0.15, -0.1) is 0 Å². The Bertz CT molecular complexity index is 917. The number of aromatic nitrogens is 3. The van der Waals surface area contributed by atoms with Crippen molar-refractivity contribution in [1.82, 2.24) is 14.8 Å². The van der Waals surface area contributed by atoms with Gasteiger partial charge in [0.2, 0.25) is 0 Å². The van der Waals surface area contributed by atoms with E-state index in [1.165, 1.54) is 26.1 Å². The average Bonchev–Trinajstić information content (AvgIpc) is 3.00. The third-order valence-electron chi connectivity index (χ3n) is 3.47. The van der Waals surface area contributed by atoms with Crippen molar-refractivity contribution < 1.29 is 32.2 Å². The number of hydrogen-bond acceptors (Lipinski definition) is 6. The second-order valence-corrected chi connectivity index (χ2v) is 7.02. The van der Waals surface area contributed by atoms with Crippen LogP contribution in [-0.4, -0.2) is 39.0 Å². The zero-order valence-electron chi connectivity index (χ0n) is 16.5. The number of halogens is 3. The van der Waals surface area contributed by atoms with Crippen molar-refractivity contribution in [3.8, 4) is 5.69 Å². The number of nitrogens with one attached hydrogen (secondary N) is 1. The van der Waals surface area contributed by atoms with Crippen LogP contribution < -0.4 is 5.32 Å². The lowest BCUT2D eigenvalue weighted by molar-refractivity contribution is -0.143. The summed E-state index contributed by atoms with van der Waals surface area (Å²) in [6.07, 6.45) is -3.63. The van der Waals surface area contributed by atoms with Gasteiger partial charge in [-0.05, 0) is 40.2 Å². The zero-order chi connectivity index (χ0) is 22.0. The molecule has 29 heavy (non-hydrogen) atoms. The second-order valence-electron chi connectivity index (χ2n) is 7.02. The fourth-order valence-corrected chi connectivity index (χ4v) is 2.38. The molecule has 1 N–H and O–H groups in total. The summed E-state index contributed by atoms with van der Waals surface area (Å²) in [5.74, 6) is -1.17. The summed E-state index contributed by atoms with van der Waals surface area (Å²) in [5.41, 5.74) is -2.44. The number of pyridine rings is 1. The fraction of sp³-hybridized carbons (Fsp3) is 0.444. The topological polar surface area (TPSA) is 95.3 Å². The molecule has 0 aliphatic rings. The molecule has 2 rings (SSSR count). The van der Waals surface area contributed by atoms with Crippen LogP contribution >= 0.6 is 0 Å². The Kier molecular flexibility index (Phi) is 6.19. The Balaban J connectivity index is 2.49. The van der Waals surface area contributed by atoms with E-state index in [1.807, 2.05) is 0 Å². The summed E-state index contributed by atoms with van der Waals surface area (Å²) < 4.78 is 51.4. The number of rotatable bonds is 4. The molecule has 2 aromatic rings. The Morgan fingerprint density at radius 1 is 1.21 bits per heavy atom. The van der Waals surface area contributed by atoms with Gasteiger partial charge in [0.1, 0.15) is 17.0 Å². The molecule has 0 atom stereocenters. The van der Waals surface area contributed by atoms with Gasteiger partial charge in [0.05, 0.1) is 18.5 Å². The first-order valence-corrected chi connectivity index (χ1v) is 8.63. The zero-order valence-corrected chi connectivity index (χ0v) is 16.5. The highest BCUT2D eigenvalue weighted by Gasteiger charge is 2.41. The van der Waals surface area contributed by atoms with Crippen molar-refractivity contribution in [3.63, 3.8) is 0 Å². The third-order valence-corrected chi connectivity index (χ3v) is 3.47. The summed E-state index contributed by atoms with van der Waals surface area (Å²) in [4.78, 5) is 27.8. The number of ether oxygens (including phenoxy) is 2. The highest BCUT2D eigenvalue weighted by molar-refractivity contribution is 5.91. The summed E-state index contributed by atoms with van der Waals surface area (Å²) in [6, 6.07) is 1.20. The minimum Gasteiger partial charge on any atom is -0.462 e. The van der Waals surface area contributed by atoms with Crippen LogP contribution in [0.2, 0.25) is 0 Å². The van der Waals surface area contributed by atoms with Crippen molar-refractivity contribution >= 4 is 17.9 Å². The standard InChI is InChI=1S/C18H21F3N4O4/c1-6-28-15(26)11-9-23-25(14(11)18(19,20)21)12-7-13(22-8-10(12)2)24-16(27)29-17(3,4)5/h7-9H,6H2,1-5H3,(H,22,24,27). The van der Waals surface area contributed by atoms with Crippen LogP contribution in [0.4, 0.5) is 23.8 Å². The number of amides is 1. The fourth-order valence-electron chi connectivity index (χ4n) is 2.38. The quantitative estimate of drug-likeness (QED) is 0.757. The normalized spacial score (nSPS) is 11.9. The molecule has 11 heteroatoms. The lowest BCUT2D eigenvalue weighted by Crippen LogP contribution is -2.27. The van der Waals surface area contributed by atoms with Gasteiger partial charge >= 0.3 is 18.2 Å². The van der Waals surface area contributed by atoms with Gasteiger partial charge in [-0.25, -0.2) is 19.3 Å². The van der Waals surface area contributed by atoms with Gasteiger partial charge in [-0.1, -0.05) is 0 Å². The number of aryl methyl sites for hydroxylation is 1. The lowest BCUT2D eigenvalue weighted by atomic mass is 10.2. The molecule has 0 aliphatic carbocycles. The molecule has 2 aromatic heterocycles. The Morgan fingerprint density at radius 3 is 2.41 bits per heavy atom. The molecule has 158 valence electrons. The minimum absolute atomic E-state index is 0.0195. The van der Waals surface area contributed by atoms with Gasteiger partial charge in [0, 0.05) is 12.3 Å². The largest absolute Gasteiger partial charge is 0.462 e. The molecule has 0 aromatic carbocycles. The molecule has 1 amide bonds. The average molecular weight is 414 g/mol. The van der Waals surface area contributed by atoms with Gasteiger partial charge < -0.3 is 9.47 Å². The van der Waals surface area contributed by atoms with Crippen molar-refractivity contribution in [2.75, 3.05) is 11.9 Å². The van der Waals surface area contributed by atoms with Crippen LogP contribution in [0.25, 0.3) is 5.69 Å². The number of hydrogen-bond donors (Lipinski definition) is 1. The smallest absolute Gasteiger partial charge is 0.434 e. The summed E-state index contributed by atoms with van der Waals surface area (Å²) in [6.45, 7) is 7.91. The molecule has 0 fully saturated rings. The molecule has 0 radical (unpaired) electrons. The van der Waals surface area contributed by atoms with E-state index in [-0.39, 0.29) is 18.1 Å². The molecule has 0 saturated carbocycles. The first-order valence-electron chi connectivity index (χ1n) is 8.63. The highest BCUT2D eigenvalue weighted by atomic mass is 19.4. The van der Waals surface area contributed by atoms with Crippen LogP contribution in [-0.2, 0) is 15.7 Å². The van der Waals surface area contributed by atoms with Crippen LogP contribution in [0.5, 0.6) is 0 Å². The van der Waals surface area contributed by atoms with E-state index in [1.54, 1.807) is 20.8 Å². The van der Waals surface area contributed by atoms with E-state index >= 15 is 0 Å². The molecule has 0 unspecified atom stereocenters. The third kappa shape index (κ3) is 5.46. The second kappa shape index (κ2) is 8.10. The molecule has 0 aliphatic heterocycles. The van der Waals surface area contributed by atoms with Crippen molar-refractivity contribution in [1.29, 1.82) is 0 Å².